The number of hydrogen-bond acceptors (Lipinski definition) is 6. The van der Waals surface area contributed by atoms with E-state index in [4.69, 9.17) is 4.74 Å². The van der Waals surface area contributed by atoms with Gasteiger partial charge in [0.1, 0.15) is 10.7 Å². The Hall–Kier alpha value is -3.57. The molecule has 0 saturated heterocycles. The third-order valence-electron chi connectivity index (χ3n) is 4.95. The van der Waals surface area contributed by atoms with E-state index < -0.39 is 39.2 Å². The third kappa shape index (κ3) is 6.06. The number of sulfonamides is 1. The van der Waals surface area contributed by atoms with Gasteiger partial charge in [0.2, 0.25) is 10.0 Å². The number of benzene rings is 2. The van der Waals surface area contributed by atoms with E-state index in [1.54, 1.807) is 11.6 Å². The first-order valence-electron chi connectivity index (χ1n) is 10.4. The minimum absolute atomic E-state index is 0.307. The summed E-state index contributed by atoms with van der Waals surface area (Å²) in [5, 5.41) is 7.15. The zero-order valence-electron chi connectivity index (χ0n) is 19.0. The van der Waals surface area contributed by atoms with Crippen LogP contribution in [-0.4, -0.2) is 43.2 Å². The fourth-order valence-electron chi connectivity index (χ4n) is 3.18. The minimum Gasteiger partial charge on any atom is -0.456 e. The second-order valence-electron chi connectivity index (χ2n) is 7.58. The van der Waals surface area contributed by atoms with E-state index in [-0.39, 0.29) is 13.0 Å². The number of hydrogen-bond donors (Lipinski definition) is 2. The van der Waals surface area contributed by atoms with Gasteiger partial charge in [0.15, 0.2) is 6.61 Å². The summed E-state index contributed by atoms with van der Waals surface area (Å²) in [6, 6.07) is 12.7. The van der Waals surface area contributed by atoms with Crippen molar-refractivity contribution in [1.82, 2.24) is 14.5 Å². The summed E-state index contributed by atoms with van der Waals surface area (Å²) in [5.41, 5.74) is 3.78. The Morgan fingerprint density at radius 3 is 2.41 bits per heavy atom. The molecule has 180 valence electrons. The van der Waals surface area contributed by atoms with Crippen LogP contribution in [0.4, 0.5) is 10.1 Å². The number of amides is 1. The van der Waals surface area contributed by atoms with Gasteiger partial charge in [0, 0.05) is 6.54 Å². The Morgan fingerprint density at radius 1 is 1.06 bits per heavy atom. The van der Waals surface area contributed by atoms with Gasteiger partial charge in [-0.15, -0.1) is 0 Å². The van der Waals surface area contributed by atoms with E-state index in [0.717, 1.165) is 23.4 Å². The lowest BCUT2D eigenvalue weighted by Gasteiger charge is -2.09. The smallest absolute Gasteiger partial charge is 0.307 e. The number of halogens is 1. The van der Waals surface area contributed by atoms with E-state index in [9.17, 15) is 22.4 Å². The average Bonchev–Trinajstić information content (AvgIpc) is 3.06. The monoisotopic (exact) mass is 488 g/mol. The van der Waals surface area contributed by atoms with Crippen LogP contribution in [0.25, 0.3) is 5.69 Å². The number of carbonyl (C=O) groups excluding carboxylic acids is 2. The Labute approximate surface area is 197 Å². The van der Waals surface area contributed by atoms with Crippen LogP contribution >= 0.6 is 0 Å². The van der Waals surface area contributed by atoms with E-state index in [1.807, 2.05) is 38.1 Å². The quantitative estimate of drug-likeness (QED) is 0.447. The molecule has 0 unspecified atom stereocenters. The number of nitrogens with one attached hydrogen (secondary N) is 2. The lowest BCUT2D eigenvalue weighted by atomic mass is 10.2. The lowest BCUT2D eigenvalue weighted by Crippen LogP contribution is -2.28. The number of esters is 1. The Balaban J connectivity index is 1.50. The first-order valence-corrected chi connectivity index (χ1v) is 11.9. The molecule has 1 aromatic heterocycles. The number of carbonyl (C=O) groups is 2. The molecule has 0 bridgehead atoms. The first kappa shape index (κ1) is 25.1. The van der Waals surface area contributed by atoms with E-state index >= 15 is 0 Å². The van der Waals surface area contributed by atoms with Gasteiger partial charge in [-0.25, -0.2) is 22.2 Å². The van der Waals surface area contributed by atoms with Gasteiger partial charge >= 0.3 is 5.97 Å². The van der Waals surface area contributed by atoms with Crippen LogP contribution in [0.1, 0.15) is 23.4 Å². The summed E-state index contributed by atoms with van der Waals surface area (Å²) < 4.78 is 46.7. The number of anilines is 1. The largest absolute Gasteiger partial charge is 0.456 e. The highest BCUT2D eigenvalue weighted by molar-refractivity contribution is 7.89. The van der Waals surface area contributed by atoms with E-state index in [0.29, 0.717) is 17.1 Å². The van der Waals surface area contributed by atoms with Crippen molar-refractivity contribution in [1.29, 1.82) is 0 Å². The maximum Gasteiger partial charge on any atom is 0.307 e. The second-order valence-corrected chi connectivity index (χ2v) is 9.32. The van der Waals surface area contributed by atoms with Crippen molar-refractivity contribution in [2.45, 2.75) is 32.1 Å². The molecule has 2 N–H and O–H groups in total. The van der Waals surface area contributed by atoms with Crippen molar-refractivity contribution < 1.29 is 27.1 Å². The maximum atomic E-state index is 13.7. The van der Waals surface area contributed by atoms with Crippen molar-refractivity contribution in [3.8, 4) is 5.69 Å². The van der Waals surface area contributed by atoms with Crippen LogP contribution in [0.15, 0.2) is 53.4 Å². The van der Waals surface area contributed by atoms with Gasteiger partial charge in [0.25, 0.3) is 5.91 Å². The molecule has 0 atom stereocenters. The number of rotatable bonds is 9. The standard InChI is InChI=1S/C23H25FN4O5S/c1-15-8-10-18(11-9-15)28-17(3)23(16(2)27-28)26-21(29)14-33-22(30)12-13-25-34(31,32)20-7-5-4-6-19(20)24/h4-11,25H,12-14H2,1-3H3,(H,26,29). The van der Waals surface area contributed by atoms with Crippen LogP contribution in [0, 0.1) is 26.6 Å². The molecule has 0 saturated carbocycles. The second kappa shape index (κ2) is 10.6. The van der Waals surface area contributed by atoms with E-state index in [2.05, 4.69) is 15.1 Å². The molecular weight excluding hydrogens is 463 g/mol. The van der Waals surface area contributed by atoms with Crippen LogP contribution < -0.4 is 10.0 Å². The zero-order valence-corrected chi connectivity index (χ0v) is 19.8. The highest BCUT2D eigenvalue weighted by Crippen LogP contribution is 2.23. The molecule has 3 aromatic rings. The van der Waals surface area contributed by atoms with Gasteiger partial charge in [-0.1, -0.05) is 29.8 Å². The molecule has 0 radical (unpaired) electrons. The summed E-state index contributed by atoms with van der Waals surface area (Å²) in [6.45, 7) is 4.69. The summed E-state index contributed by atoms with van der Waals surface area (Å²) in [4.78, 5) is 23.7. The molecule has 0 aliphatic rings. The highest BCUT2D eigenvalue weighted by Gasteiger charge is 2.19. The summed E-state index contributed by atoms with van der Waals surface area (Å²) >= 11 is 0. The number of aromatic nitrogens is 2. The SMILES string of the molecule is Cc1ccc(-n2nc(C)c(NC(=O)COC(=O)CCNS(=O)(=O)c3ccccc3F)c2C)cc1. The topological polar surface area (TPSA) is 119 Å². The average molecular weight is 489 g/mol. The lowest BCUT2D eigenvalue weighted by molar-refractivity contribution is -0.147. The molecule has 1 amide bonds. The van der Waals surface area contributed by atoms with Crippen LogP contribution in [0.3, 0.4) is 0 Å². The van der Waals surface area contributed by atoms with Gasteiger partial charge in [-0.2, -0.15) is 5.10 Å². The molecule has 0 spiro atoms. The van der Waals surface area contributed by atoms with Gasteiger partial charge in [-0.3, -0.25) is 9.59 Å². The van der Waals surface area contributed by atoms with Crippen molar-refractivity contribution in [2.24, 2.45) is 0 Å². The van der Waals surface area contributed by atoms with Gasteiger partial charge in [-0.05, 0) is 45.0 Å². The highest BCUT2D eigenvalue weighted by atomic mass is 32.2. The predicted molar refractivity (Wildman–Crippen MR) is 124 cm³/mol. The third-order valence-corrected chi connectivity index (χ3v) is 6.44. The molecule has 34 heavy (non-hydrogen) atoms. The summed E-state index contributed by atoms with van der Waals surface area (Å²) in [5.74, 6) is -2.24. The predicted octanol–water partition coefficient (Wildman–Crippen LogP) is 2.79. The molecule has 0 aliphatic carbocycles. The van der Waals surface area contributed by atoms with Crippen LogP contribution in [0.5, 0.6) is 0 Å². The zero-order chi connectivity index (χ0) is 24.9. The van der Waals surface area contributed by atoms with Gasteiger partial charge in [0.05, 0.1) is 29.2 Å². The number of ether oxygens (including phenoxy) is 1. The van der Waals surface area contributed by atoms with Crippen molar-refractivity contribution in [2.75, 3.05) is 18.5 Å². The molecule has 2 aromatic carbocycles. The molecule has 3 rings (SSSR count). The Morgan fingerprint density at radius 2 is 1.74 bits per heavy atom. The Bertz CT molecular complexity index is 1300. The van der Waals surface area contributed by atoms with E-state index in [1.165, 1.54) is 12.1 Å². The Kier molecular flexibility index (Phi) is 7.79. The molecule has 0 aliphatic heterocycles. The molecule has 11 heteroatoms. The van der Waals surface area contributed by atoms with Gasteiger partial charge < -0.3 is 10.1 Å². The molecule has 0 fully saturated rings. The van der Waals surface area contributed by atoms with Crippen molar-refractivity contribution in [3.63, 3.8) is 0 Å². The fraction of sp³-hybridized carbons (Fsp3) is 0.261. The summed E-state index contributed by atoms with van der Waals surface area (Å²) in [7, 11) is -4.11. The first-order chi connectivity index (χ1) is 16.1. The van der Waals surface area contributed by atoms with Crippen LogP contribution in [0.2, 0.25) is 0 Å². The minimum atomic E-state index is -4.11. The molecular formula is C23H25FN4O5S. The number of aryl methyl sites for hydroxylation is 2. The number of nitrogens with zero attached hydrogens (tertiary/aromatic N) is 2. The molecule has 9 nitrogen and oxygen atoms in total. The maximum absolute atomic E-state index is 13.7. The van der Waals surface area contributed by atoms with Crippen molar-refractivity contribution in [3.05, 3.63) is 71.3 Å². The summed E-state index contributed by atoms with van der Waals surface area (Å²) in [6.07, 6.45) is -0.329. The fourth-order valence-corrected chi connectivity index (χ4v) is 4.29. The van der Waals surface area contributed by atoms with Crippen molar-refractivity contribution >= 4 is 27.6 Å². The molecule has 1 heterocycles. The normalized spacial score (nSPS) is 11.3. The van der Waals surface area contributed by atoms with Crippen LogP contribution in [-0.2, 0) is 24.3 Å².